The van der Waals surface area contributed by atoms with Gasteiger partial charge in [0.05, 0.1) is 12.8 Å². The molecule has 0 radical (unpaired) electrons. The molecule has 0 aromatic carbocycles. The molecule has 0 spiro atoms. The SMILES string of the molecule is COC(=O)c1sc(NCC2CCSCC2)nc1C. The van der Waals surface area contributed by atoms with Crippen LogP contribution in [0.5, 0.6) is 0 Å². The molecule has 0 aliphatic carbocycles. The van der Waals surface area contributed by atoms with E-state index in [0.717, 1.165) is 23.3 Å². The van der Waals surface area contributed by atoms with Crippen LogP contribution < -0.4 is 5.32 Å². The third kappa shape index (κ3) is 3.38. The van der Waals surface area contributed by atoms with Gasteiger partial charge >= 0.3 is 5.97 Å². The summed E-state index contributed by atoms with van der Waals surface area (Å²) in [4.78, 5) is 16.4. The minimum atomic E-state index is -0.299. The fourth-order valence-electron chi connectivity index (χ4n) is 1.94. The minimum Gasteiger partial charge on any atom is -0.465 e. The molecule has 2 heterocycles. The number of hydrogen-bond donors (Lipinski definition) is 1. The van der Waals surface area contributed by atoms with Crippen LogP contribution in [0.25, 0.3) is 0 Å². The number of rotatable bonds is 4. The van der Waals surface area contributed by atoms with Gasteiger partial charge in [-0.2, -0.15) is 11.8 Å². The molecule has 100 valence electrons. The highest BCUT2D eigenvalue weighted by molar-refractivity contribution is 7.99. The van der Waals surface area contributed by atoms with Gasteiger partial charge in [0.1, 0.15) is 4.88 Å². The number of thioether (sulfide) groups is 1. The highest BCUT2D eigenvalue weighted by Gasteiger charge is 2.17. The van der Waals surface area contributed by atoms with E-state index in [0.29, 0.717) is 4.88 Å². The monoisotopic (exact) mass is 286 g/mol. The number of thiazole rings is 1. The number of esters is 1. The van der Waals surface area contributed by atoms with Crippen molar-refractivity contribution in [2.75, 3.05) is 30.5 Å². The number of anilines is 1. The Morgan fingerprint density at radius 2 is 2.22 bits per heavy atom. The van der Waals surface area contributed by atoms with Gasteiger partial charge in [-0.05, 0) is 37.2 Å². The van der Waals surface area contributed by atoms with Gasteiger partial charge in [0.2, 0.25) is 0 Å². The zero-order chi connectivity index (χ0) is 13.0. The Morgan fingerprint density at radius 1 is 1.50 bits per heavy atom. The molecule has 1 saturated heterocycles. The fraction of sp³-hybridized carbons (Fsp3) is 0.667. The standard InChI is InChI=1S/C12H18N2O2S2/c1-8-10(11(15)16-2)18-12(14-8)13-7-9-3-5-17-6-4-9/h9H,3-7H2,1-2H3,(H,13,14). The summed E-state index contributed by atoms with van der Waals surface area (Å²) in [7, 11) is 1.40. The van der Waals surface area contributed by atoms with Crippen LogP contribution in [-0.2, 0) is 4.74 Å². The molecule has 18 heavy (non-hydrogen) atoms. The maximum absolute atomic E-state index is 11.5. The molecule has 1 aromatic rings. The van der Waals surface area contributed by atoms with E-state index in [2.05, 4.69) is 10.3 Å². The maximum Gasteiger partial charge on any atom is 0.350 e. The van der Waals surface area contributed by atoms with Crippen molar-refractivity contribution < 1.29 is 9.53 Å². The van der Waals surface area contributed by atoms with E-state index in [1.54, 1.807) is 0 Å². The average molecular weight is 286 g/mol. The van der Waals surface area contributed by atoms with Gasteiger partial charge in [-0.3, -0.25) is 0 Å². The van der Waals surface area contributed by atoms with Gasteiger partial charge in [0.15, 0.2) is 5.13 Å². The Balaban J connectivity index is 1.91. The number of carbonyl (C=O) groups excluding carboxylic acids is 1. The van der Waals surface area contributed by atoms with E-state index in [-0.39, 0.29) is 5.97 Å². The molecular formula is C12H18N2O2S2. The molecular weight excluding hydrogens is 268 g/mol. The average Bonchev–Trinajstić information content (AvgIpc) is 2.78. The van der Waals surface area contributed by atoms with Crippen molar-refractivity contribution in [1.82, 2.24) is 4.98 Å². The third-order valence-electron chi connectivity index (χ3n) is 3.05. The Morgan fingerprint density at radius 3 is 2.89 bits per heavy atom. The predicted molar refractivity (Wildman–Crippen MR) is 76.7 cm³/mol. The fourth-order valence-corrected chi connectivity index (χ4v) is 4.03. The number of nitrogens with one attached hydrogen (secondary N) is 1. The van der Waals surface area contributed by atoms with Gasteiger partial charge in [0.25, 0.3) is 0 Å². The predicted octanol–water partition coefficient (Wildman–Crippen LogP) is 2.79. The summed E-state index contributed by atoms with van der Waals surface area (Å²) in [5.74, 6) is 2.96. The van der Waals surface area contributed by atoms with Gasteiger partial charge in [-0.1, -0.05) is 11.3 Å². The lowest BCUT2D eigenvalue weighted by Crippen LogP contribution is -2.18. The van der Waals surface area contributed by atoms with Crippen molar-refractivity contribution in [2.45, 2.75) is 19.8 Å². The van der Waals surface area contributed by atoms with Crippen LogP contribution in [0, 0.1) is 12.8 Å². The van der Waals surface area contributed by atoms with Crippen LogP contribution in [0.3, 0.4) is 0 Å². The molecule has 1 fully saturated rings. The summed E-state index contributed by atoms with van der Waals surface area (Å²) in [6.45, 7) is 2.79. The molecule has 0 atom stereocenters. The van der Waals surface area contributed by atoms with E-state index >= 15 is 0 Å². The van der Waals surface area contributed by atoms with Crippen molar-refractivity contribution >= 4 is 34.2 Å². The Bertz CT molecular complexity index is 414. The topological polar surface area (TPSA) is 51.2 Å². The summed E-state index contributed by atoms with van der Waals surface area (Å²) in [5, 5.41) is 4.17. The van der Waals surface area contributed by atoms with Crippen LogP contribution in [0.1, 0.15) is 28.2 Å². The van der Waals surface area contributed by atoms with Crippen molar-refractivity contribution in [2.24, 2.45) is 5.92 Å². The highest BCUT2D eigenvalue weighted by Crippen LogP contribution is 2.26. The van der Waals surface area contributed by atoms with Crippen LogP contribution in [0.2, 0.25) is 0 Å². The zero-order valence-electron chi connectivity index (χ0n) is 10.7. The van der Waals surface area contributed by atoms with Crippen molar-refractivity contribution in [3.63, 3.8) is 0 Å². The molecule has 0 bridgehead atoms. The molecule has 4 nitrogen and oxygen atoms in total. The first-order valence-electron chi connectivity index (χ1n) is 6.08. The molecule has 0 amide bonds. The summed E-state index contributed by atoms with van der Waals surface area (Å²) < 4.78 is 4.73. The first-order valence-corrected chi connectivity index (χ1v) is 8.05. The second-order valence-corrected chi connectivity index (χ2v) is 6.59. The molecule has 1 aromatic heterocycles. The zero-order valence-corrected chi connectivity index (χ0v) is 12.3. The summed E-state index contributed by atoms with van der Waals surface area (Å²) >= 11 is 3.41. The van der Waals surface area contributed by atoms with Gasteiger partial charge in [-0.15, -0.1) is 0 Å². The summed E-state index contributed by atoms with van der Waals surface area (Å²) in [5.41, 5.74) is 0.744. The lowest BCUT2D eigenvalue weighted by atomic mass is 10.0. The molecule has 1 aliphatic heterocycles. The number of aromatic nitrogens is 1. The molecule has 0 saturated carbocycles. The molecule has 1 aliphatic rings. The largest absolute Gasteiger partial charge is 0.465 e. The number of carbonyl (C=O) groups is 1. The number of ether oxygens (including phenoxy) is 1. The van der Waals surface area contributed by atoms with E-state index in [4.69, 9.17) is 4.74 Å². The maximum atomic E-state index is 11.5. The summed E-state index contributed by atoms with van der Waals surface area (Å²) in [6.07, 6.45) is 2.54. The lowest BCUT2D eigenvalue weighted by molar-refractivity contribution is 0.0605. The molecule has 2 rings (SSSR count). The first kappa shape index (κ1) is 13.7. The van der Waals surface area contributed by atoms with E-state index in [1.807, 2.05) is 18.7 Å². The summed E-state index contributed by atoms with van der Waals surface area (Å²) in [6, 6.07) is 0. The van der Waals surface area contributed by atoms with Crippen molar-refractivity contribution in [3.8, 4) is 0 Å². The number of methoxy groups -OCH3 is 1. The smallest absolute Gasteiger partial charge is 0.350 e. The first-order chi connectivity index (χ1) is 8.70. The molecule has 1 N–H and O–H groups in total. The van der Waals surface area contributed by atoms with Gasteiger partial charge in [0, 0.05) is 6.54 Å². The second kappa shape index (κ2) is 6.43. The lowest BCUT2D eigenvalue weighted by Gasteiger charge is -2.21. The van der Waals surface area contributed by atoms with Crippen LogP contribution >= 0.6 is 23.1 Å². The van der Waals surface area contributed by atoms with E-state index in [1.165, 1.54) is 42.8 Å². The van der Waals surface area contributed by atoms with Crippen molar-refractivity contribution in [1.29, 1.82) is 0 Å². The minimum absolute atomic E-state index is 0.299. The van der Waals surface area contributed by atoms with Gasteiger partial charge in [-0.25, -0.2) is 9.78 Å². The Labute approximate surface area is 116 Å². The third-order valence-corrected chi connectivity index (χ3v) is 5.19. The second-order valence-electron chi connectivity index (χ2n) is 4.36. The normalized spacial score (nSPS) is 16.6. The van der Waals surface area contributed by atoms with Crippen LogP contribution in [0.4, 0.5) is 5.13 Å². The highest BCUT2D eigenvalue weighted by atomic mass is 32.2. The number of hydrogen-bond acceptors (Lipinski definition) is 6. The van der Waals surface area contributed by atoms with E-state index < -0.39 is 0 Å². The van der Waals surface area contributed by atoms with Crippen LogP contribution in [0.15, 0.2) is 0 Å². The van der Waals surface area contributed by atoms with Crippen molar-refractivity contribution in [3.05, 3.63) is 10.6 Å². The Hall–Kier alpha value is -0.750. The molecule has 6 heteroatoms. The molecule has 0 unspecified atom stereocenters. The quantitative estimate of drug-likeness (QED) is 0.863. The van der Waals surface area contributed by atoms with Gasteiger partial charge < -0.3 is 10.1 Å². The number of aryl methyl sites for hydroxylation is 1. The Kier molecular flexibility index (Phi) is 4.88. The van der Waals surface area contributed by atoms with E-state index in [9.17, 15) is 4.79 Å². The number of nitrogens with zero attached hydrogens (tertiary/aromatic N) is 1. The van der Waals surface area contributed by atoms with Crippen LogP contribution in [-0.4, -0.2) is 36.1 Å².